The van der Waals surface area contributed by atoms with E-state index in [2.05, 4.69) is 0 Å². The number of benzene rings is 2. The van der Waals surface area contributed by atoms with Crippen LogP contribution in [-0.2, 0) is 20.9 Å². The van der Waals surface area contributed by atoms with Gasteiger partial charge >= 0.3 is 5.97 Å². The van der Waals surface area contributed by atoms with Gasteiger partial charge in [0.1, 0.15) is 18.1 Å². The third-order valence-electron chi connectivity index (χ3n) is 4.15. The lowest BCUT2D eigenvalue weighted by Crippen LogP contribution is -2.40. The summed E-state index contributed by atoms with van der Waals surface area (Å²) in [6.45, 7) is 1.05. The summed E-state index contributed by atoms with van der Waals surface area (Å²) in [4.78, 5) is 11.6. The van der Waals surface area contributed by atoms with Gasteiger partial charge < -0.3 is 18.9 Å². The molecule has 1 aliphatic rings. The summed E-state index contributed by atoms with van der Waals surface area (Å²) >= 11 is 0. The Morgan fingerprint density at radius 2 is 1.72 bits per heavy atom. The van der Waals surface area contributed by atoms with Gasteiger partial charge in [-0.3, -0.25) is 4.79 Å². The van der Waals surface area contributed by atoms with Crippen LogP contribution in [0.2, 0.25) is 0 Å². The van der Waals surface area contributed by atoms with Gasteiger partial charge in [0.15, 0.2) is 5.60 Å². The molecule has 1 heterocycles. The molecule has 2 aromatic rings. The Balaban J connectivity index is 1.57. The van der Waals surface area contributed by atoms with E-state index in [1.807, 2.05) is 54.6 Å². The molecular weight excluding hydrogens is 320 g/mol. The van der Waals surface area contributed by atoms with E-state index in [-0.39, 0.29) is 12.6 Å². The Morgan fingerprint density at radius 1 is 1.00 bits per heavy atom. The first-order chi connectivity index (χ1) is 12.2. The average molecular weight is 342 g/mol. The molecule has 1 aliphatic heterocycles. The number of carbonyl (C=O) groups is 1. The molecule has 0 aliphatic carbocycles. The minimum atomic E-state index is -0.730. The zero-order valence-electron chi connectivity index (χ0n) is 14.3. The predicted octanol–water partition coefficient (Wildman–Crippen LogP) is 3.37. The quantitative estimate of drug-likeness (QED) is 0.689. The van der Waals surface area contributed by atoms with Gasteiger partial charge in [-0.25, -0.2) is 0 Å². The number of cyclic esters (lactones) is 1. The van der Waals surface area contributed by atoms with Gasteiger partial charge in [-0.15, -0.1) is 0 Å². The normalized spacial score (nSPS) is 19.5. The summed E-state index contributed by atoms with van der Waals surface area (Å²) < 4.78 is 22.3. The predicted molar refractivity (Wildman–Crippen MR) is 92.6 cm³/mol. The lowest BCUT2D eigenvalue weighted by molar-refractivity contribution is -0.157. The molecule has 1 saturated heterocycles. The molecule has 5 heteroatoms. The Morgan fingerprint density at radius 3 is 2.36 bits per heavy atom. The van der Waals surface area contributed by atoms with Crippen LogP contribution in [0, 0.1) is 0 Å². The molecule has 1 atom stereocenters. The summed E-state index contributed by atoms with van der Waals surface area (Å²) in [5.74, 6) is 1.26. The van der Waals surface area contributed by atoms with Crippen LogP contribution in [-0.4, -0.2) is 31.9 Å². The highest BCUT2D eigenvalue weighted by Gasteiger charge is 2.41. The molecule has 0 spiro atoms. The molecule has 0 bridgehead atoms. The van der Waals surface area contributed by atoms with Crippen LogP contribution in [0.5, 0.6) is 11.5 Å². The smallest absolute Gasteiger partial charge is 0.306 e. The van der Waals surface area contributed by atoms with E-state index in [0.717, 1.165) is 11.3 Å². The lowest BCUT2D eigenvalue weighted by Gasteiger charge is -2.27. The van der Waals surface area contributed by atoms with Crippen LogP contribution in [0.1, 0.15) is 18.4 Å². The van der Waals surface area contributed by atoms with E-state index >= 15 is 0 Å². The van der Waals surface area contributed by atoms with Crippen molar-refractivity contribution in [3.63, 3.8) is 0 Å². The summed E-state index contributed by atoms with van der Waals surface area (Å²) in [5, 5.41) is 0. The fourth-order valence-electron chi connectivity index (χ4n) is 2.73. The molecule has 0 amide bonds. The van der Waals surface area contributed by atoms with Crippen LogP contribution in [0.15, 0.2) is 54.6 Å². The van der Waals surface area contributed by atoms with Crippen LogP contribution in [0.25, 0.3) is 0 Å². The summed E-state index contributed by atoms with van der Waals surface area (Å²) in [5.41, 5.74) is 0.351. The first-order valence-corrected chi connectivity index (χ1v) is 8.29. The van der Waals surface area contributed by atoms with E-state index < -0.39 is 5.60 Å². The maximum Gasteiger partial charge on any atom is 0.306 e. The van der Waals surface area contributed by atoms with Crippen molar-refractivity contribution in [3.05, 3.63) is 60.2 Å². The number of hydrogen-bond donors (Lipinski definition) is 0. The first-order valence-electron chi connectivity index (χ1n) is 8.29. The molecule has 0 N–H and O–H groups in total. The fourth-order valence-corrected chi connectivity index (χ4v) is 2.73. The van der Waals surface area contributed by atoms with E-state index in [4.69, 9.17) is 18.9 Å². The molecule has 0 aromatic heterocycles. The minimum absolute atomic E-state index is 0.207. The number of hydrogen-bond acceptors (Lipinski definition) is 5. The summed E-state index contributed by atoms with van der Waals surface area (Å²) in [6, 6.07) is 17.2. The second kappa shape index (κ2) is 8.03. The highest BCUT2D eigenvalue weighted by molar-refractivity contribution is 5.72. The monoisotopic (exact) mass is 342 g/mol. The van der Waals surface area contributed by atoms with Gasteiger partial charge in [0.2, 0.25) is 0 Å². The number of carbonyl (C=O) groups excluding carboxylic acids is 1. The second-order valence-corrected chi connectivity index (χ2v) is 6.10. The minimum Gasteiger partial charge on any atom is -0.497 e. The van der Waals surface area contributed by atoms with E-state index in [0.29, 0.717) is 31.8 Å². The number of rotatable bonds is 8. The van der Waals surface area contributed by atoms with Crippen molar-refractivity contribution in [2.24, 2.45) is 0 Å². The van der Waals surface area contributed by atoms with Crippen molar-refractivity contribution >= 4 is 5.97 Å². The molecule has 0 saturated carbocycles. The number of methoxy groups -OCH3 is 1. The topological polar surface area (TPSA) is 54.0 Å². The Hall–Kier alpha value is -2.53. The van der Waals surface area contributed by atoms with Gasteiger partial charge in [0.05, 0.1) is 20.3 Å². The molecule has 3 rings (SSSR count). The Bertz CT molecular complexity index is 683. The number of ether oxygens (including phenoxy) is 4. The highest BCUT2D eigenvalue weighted by atomic mass is 16.6. The molecule has 0 radical (unpaired) electrons. The average Bonchev–Trinajstić information content (AvgIpc) is 3.02. The van der Waals surface area contributed by atoms with Crippen molar-refractivity contribution < 1.29 is 23.7 Å². The second-order valence-electron chi connectivity index (χ2n) is 6.10. The molecule has 2 aromatic carbocycles. The van der Waals surface area contributed by atoms with E-state index in [1.54, 1.807) is 7.11 Å². The SMILES string of the molecule is COc1ccc(OC[C@]2(COCc3ccccc3)CCC(=O)O2)cc1. The largest absolute Gasteiger partial charge is 0.497 e. The van der Waals surface area contributed by atoms with Crippen molar-refractivity contribution in [2.45, 2.75) is 25.0 Å². The zero-order valence-corrected chi connectivity index (χ0v) is 14.3. The highest BCUT2D eigenvalue weighted by Crippen LogP contribution is 2.29. The van der Waals surface area contributed by atoms with Crippen LogP contribution in [0.3, 0.4) is 0 Å². The van der Waals surface area contributed by atoms with Crippen molar-refractivity contribution in [3.8, 4) is 11.5 Å². The molecule has 1 fully saturated rings. The van der Waals surface area contributed by atoms with Crippen LogP contribution < -0.4 is 9.47 Å². The first kappa shape index (κ1) is 17.3. The fraction of sp³-hybridized carbons (Fsp3) is 0.350. The van der Waals surface area contributed by atoms with Crippen molar-refractivity contribution in [1.29, 1.82) is 0 Å². The van der Waals surface area contributed by atoms with E-state index in [1.165, 1.54) is 0 Å². The van der Waals surface area contributed by atoms with Gasteiger partial charge in [0, 0.05) is 12.8 Å². The van der Waals surface area contributed by atoms with E-state index in [9.17, 15) is 4.79 Å². The van der Waals surface area contributed by atoms with Gasteiger partial charge in [-0.05, 0) is 29.8 Å². The van der Waals surface area contributed by atoms with Crippen molar-refractivity contribution in [2.75, 3.05) is 20.3 Å². The van der Waals surface area contributed by atoms with Crippen LogP contribution in [0.4, 0.5) is 0 Å². The molecule has 0 unspecified atom stereocenters. The standard InChI is InChI=1S/C20H22O5/c1-22-17-7-9-18(10-8-17)24-15-20(12-11-19(21)25-20)14-23-13-16-5-3-2-4-6-16/h2-10H,11-15H2,1H3/t20-/m1/s1. The zero-order chi connectivity index (χ0) is 17.5. The molecule has 5 nitrogen and oxygen atoms in total. The van der Waals surface area contributed by atoms with Gasteiger partial charge in [0.25, 0.3) is 0 Å². The van der Waals surface area contributed by atoms with Gasteiger partial charge in [-0.1, -0.05) is 30.3 Å². The Labute approximate surface area is 147 Å². The van der Waals surface area contributed by atoms with Gasteiger partial charge in [-0.2, -0.15) is 0 Å². The third kappa shape index (κ3) is 4.73. The maximum absolute atomic E-state index is 11.6. The number of esters is 1. The maximum atomic E-state index is 11.6. The lowest BCUT2D eigenvalue weighted by atomic mass is 10.0. The molecule has 132 valence electrons. The molecule has 25 heavy (non-hydrogen) atoms. The Kier molecular flexibility index (Phi) is 5.56. The molecular formula is C20H22O5. The van der Waals surface area contributed by atoms with Crippen molar-refractivity contribution in [1.82, 2.24) is 0 Å². The van der Waals surface area contributed by atoms with Crippen LogP contribution >= 0.6 is 0 Å². The third-order valence-corrected chi connectivity index (χ3v) is 4.15. The summed E-state index contributed by atoms with van der Waals surface area (Å²) in [7, 11) is 1.62. The summed E-state index contributed by atoms with van der Waals surface area (Å²) in [6.07, 6.45) is 0.984.